The average Bonchev–Trinajstić information content (AvgIpc) is 2.83. The van der Waals surface area contributed by atoms with Gasteiger partial charge < -0.3 is 5.11 Å². The van der Waals surface area contributed by atoms with Crippen LogP contribution in [0.25, 0.3) is 0 Å². The molecule has 4 fully saturated rings. The molecule has 0 heterocycles. The van der Waals surface area contributed by atoms with Crippen molar-refractivity contribution in [1.29, 1.82) is 0 Å². The number of aliphatic hydroxyl groups is 1. The molecule has 0 radical (unpaired) electrons. The Hall–Kier alpha value is -0.370. The lowest BCUT2D eigenvalue weighted by atomic mass is 9.43. The first-order chi connectivity index (χ1) is 9.91. The number of rotatable bonds is 0. The summed E-state index contributed by atoms with van der Waals surface area (Å²) in [5.41, 5.74) is -0.612. The molecule has 0 amide bonds. The summed E-state index contributed by atoms with van der Waals surface area (Å²) in [5, 5.41) is 11.2. The Morgan fingerprint density at radius 2 is 1.76 bits per heavy atom. The van der Waals surface area contributed by atoms with E-state index < -0.39 is 11.0 Å². The quantitative estimate of drug-likeness (QED) is 0.729. The van der Waals surface area contributed by atoms with Gasteiger partial charge in [-0.1, -0.05) is 13.3 Å². The molecular formula is C19H30O2. The standard InChI is InChI=1S/C19H30O2/c1-17-9-3-5-14(17)13-7-12-19(21)10-4-6-16(20)18(19,2)15(13)8-11-17/h13-15,21H,3-12H2,1-2H3/t13-,14-,15+,17-,18-,19?/m0/s1. The molecule has 0 aromatic rings. The van der Waals surface area contributed by atoms with Gasteiger partial charge in [0, 0.05) is 6.42 Å². The van der Waals surface area contributed by atoms with E-state index >= 15 is 0 Å². The molecule has 0 bridgehead atoms. The van der Waals surface area contributed by atoms with Gasteiger partial charge in [-0.05, 0) is 81.5 Å². The van der Waals surface area contributed by atoms with Crippen LogP contribution in [0.3, 0.4) is 0 Å². The largest absolute Gasteiger partial charge is 0.389 e. The first-order valence-electron chi connectivity index (χ1n) is 9.16. The minimum atomic E-state index is -0.699. The van der Waals surface area contributed by atoms with Crippen LogP contribution in [-0.2, 0) is 4.79 Å². The SMILES string of the molecule is C[C@@]12CCC[C@H]1[C@@H]1CCC3(O)CCCC(=O)[C@]3(C)[C@@H]1CC2. The molecule has 118 valence electrons. The Morgan fingerprint density at radius 3 is 2.57 bits per heavy atom. The number of ketones is 1. The van der Waals surface area contributed by atoms with Gasteiger partial charge in [0.15, 0.2) is 0 Å². The van der Waals surface area contributed by atoms with E-state index in [9.17, 15) is 9.90 Å². The van der Waals surface area contributed by atoms with Gasteiger partial charge >= 0.3 is 0 Å². The highest BCUT2D eigenvalue weighted by Gasteiger charge is 2.65. The summed E-state index contributed by atoms with van der Waals surface area (Å²) in [4.78, 5) is 12.8. The van der Waals surface area contributed by atoms with Crippen LogP contribution in [-0.4, -0.2) is 16.5 Å². The van der Waals surface area contributed by atoms with Crippen molar-refractivity contribution >= 4 is 5.78 Å². The third-order valence-corrected chi connectivity index (χ3v) is 8.39. The Kier molecular flexibility index (Phi) is 2.94. The number of hydrogen-bond acceptors (Lipinski definition) is 2. The van der Waals surface area contributed by atoms with Crippen LogP contribution in [0.4, 0.5) is 0 Å². The maximum atomic E-state index is 12.8. The second-order valence-electron chi connectivity index (χ2n) is 9.01. The molecule has 0 aromatic carbocycles. The zero-order valence-electron chi connectivity index (χ0n) is 13.7. The summed E-state index contributed by atoms with van der Waals surface area (Å²) in [6.07, 6.45) is 11.0. The predicted octanol–water partition coefficient (Wildman–Crippen LogP) is 4.10. The molecule has 21 heavy (non-hydrogen) atoms. The molecule has 0 aliphatic heterocycles. The molecule has 0 spiro atoms. The normalized spacial score (nSPS) is 56.5. The smallest absolute Gasteiger partial charge is 0.141 e. The molecule has 6 atom stereocenters. The van der Waals surface area contributed by atoms with Crippen LogP contribution in [0.15, 0.2) is 0 Å². The fourth-order valence-corrected chi connectivity index (χ4v) is 7.06. The van der Waals surface area contributed by atoms with E-state index in [-0.39, 0.29) is 0 Å². The van der Waals surface area contributed by atoms with Gasteiger partial charge in [-0.2, -0.15) is 0 Å². The lowest BCUT2D eigenvalue weighted by molar-refractivity contribution is -0.201. The number of Topliss-reactive ketones (excluding diaryl/α,β-unsaturated/α-hetero) is 1. The summed E-state index contributed by atoms with van der Waals surface area (Å²) in [7, 11) is 0. The van der Waals surface area contributed by atoms with Crippen molar-refractivity contribution in [3.8, 4) is 0 Å². The highest BCUT2D eigenvalue weighted by Crippen LogP contribution is 2.66. The van der Waals surface area contributed by atoms with Crippen LogP contribution in [0.5, 0.6) is 0 Å². The molecule has 2 nitrogen and oxygen atoms in total. The third-order valence-electron chi connectivity index (χ3n) is 8.39. The van der Waals surface area contributed by atoms with E-state index in [1.165, 1.54) is 32.1 Å². The molecule has 4 rings (SSSR count). The van der Waals surface area contributed by atoms with Crippen LogP contribution in [0.1, 0.15) is 78.1 Å². The van der Waals surface area contributed by atoms with Gasteiger partial charge in [-0.3, -0.25) is 4.79 Å². The lowest BCUT2D eigenvalue weighted by Gasteiger charge is -2.62. The second-order valence-corrected chi connectivity index (χ2v) is 9.01. The summed E-state index contributed by atoms with van der Waals surface area (Å²) in [5.74, 6) is 2.32. The van der Waals surface area contributed by atoms with Crippen LogP contribution in [0, 0.1) is 28.6 Å². The lowest BCUT2D eigenvalue weighted by Crippen LogP contribution is -2.64. The molecule has 1 unspecified atom stereocenters. The molecular weight excluding hydrogens is 260 g/mol. The van der Waals surface area contributed by atoms with Gasteiger partial charge in [0.1, 0.15) is 5.78 Å². The predicted molar refractivity (Wildman–Crippen MR) is 82.8 cm³/mol. The van der Waals surface area contributed by atoms with Crippen molar-refractivity contribution in [1.82, 2.24) is 0 Å². The van der Waals surface area contributed by atoms with Crippen LogP contribution in [0.2, 0.25) is 0 Å². The molecule has 0 aromatic heterocycles. The third kappa shape index (κ3) is 1.66. The van der Waals surface area contributed by atoms with E-state index in [2.05, 4.69) is 13.8 Å². The Labute approximate surface area is 128 Å². The Balaban J connectivity index is 1.73. The van der Waals surface area contributed by atoms with Gasteiger partial charge in [-0.25, -0.2) is 0 Å². The van der Waals surface area contributed by atoms with Crippen LogP contribution < -0.4 is 0 Å². The van der Waals surface area contributed by atoms with Crippen molar-refractivity contribution in [3.05, 3.63) is 0 Å². The fraction of sp³-hybridized carbons (Fsp3) is 0.947. The van der Waals surface area contributed by atoms with Crippen molar-refractivity contribution in [3.63, 3.8) is 0 Å². The maximum absolute atomic E-state index is 12.8. The van der Waals surface area contributed by atoms with E-state index in [4.69, 9.17) is 0 Å². The zero-order chi connectivity index (χ0) is 14.9. The minimum Gasteiger partial charge on any atom is -0.389 e. The fourth-order valence-electron chi connectivity index (χ4n) is 7.06. The van der Waals surface area contributed by atoms with Crippen molar-refractivity contribution in [2.24, 2.45) is 28.6 Å². The molecule has 2 heteroatoms. The van der Waals surface area contributed by atoms with Crippen molar-refractivity contribution in [2.45, 2.75) is 83.7 Å². The summed E-state index contributed by atoms with van der Waals surface area (Å²) < 4.78 is 0. The molecule has 0 saturated heterocycles. The minimum absolute atomic E-state index is 0.368. The zero-order valence-corrected chi connectivity index (χ0v) is 13.7. The van der Waals surface area contributed by atoms with Crippen molar-refractivity contribution in [2.75, 3.05) is 0 Å². The monoisotopic (exact) mass is 290 g/mol. The highest BCUT2D eigenvalue weighted by atomic mass is 16.3. The van der Waals surface area contributed by atoms with Gasteiger partial charge in [0.2, 0.25) is 0 Å². The Morgan fingerprint density at radius 1 is 0.952 bits per heavy atom. The molecule has 4 saturated carbocycles. The molecule has 1 N–H and O–H groups in total. The van der Waals surface area contributed by atoms with Crippen molar-refractivity contribution < 1.29 is 9.90 Å². The second kappa shape index (κ2) is 4.34. The van der Waals surface area contributed by atoms with E-state index in [1.807, 2.05) is 0 Å². The molecule has 4 aliphatic rings. The summed E-state index contributed by atoms with van der Waals surface area (Å²) in [6, 6.07) is 0. The van der Waals surface area contributed by atoms with E-state index in [1.54, 1.807) is 0 Å². The summed E-state index contributed by atoms with van der Waals surface area (Å²) >= 11 is 0. The topological polar surface area (TPSA) is 37.3 Å². The number of fused-ring (bicyclic) bond motifs is 5. The van der Waals surface area contributed by atoms with E-state index in [0.717, 1.165) is 31.6 Å². The van der Waals surface area contributed by atoms with E-state index in [0.29, 0.717) is 29.5 Å². The first-order valence-corrected chi connectivity index (χ1v) is 9.16. The van der Waals surface area contributed by atoms with Crippen LogP contribution >= 0.6 is 0 Å². The first kappa shape index (κ1) is 14.2. The van der Waals surface area contributed by atoms with Gasteiger partial charge in [-0.15, -0.1) is 0 Å². The number of hydrogen-bond donors (Lipinski definition) is 1. The Bertz CT molecular complexity index is 472. The van der Waals surface area contributed by atoms with Gasteiger partial charge in [0.25, 0.3) is 0 Å². The van der Waals surface area contributed by atoms with Gasteiger partial charge in [0.05, 0.1) is 11.0 Å². The summed E-state index contributed by atoms with van der Waals surface area (Å²) in [6.45, 7) is 4.62. The maximum Gasteiger partial charge on any atom is 0.141 e. The number of carbonyl (C=O) groups is 1. The highest BCUT2D eigenvalue weighted by molar-refractivity contribution is 5.87. The molecule has 4 aliphatic carbocycles. The number of carbonyl (C=O) groups excluding carboxylic acids is 1. The average molecular weight is 290 g/mol.